The van der Waals surface area contributed by atoms with Crippen molar-refractivity contribution < 1.29 is 4.79 Å². The fourth-order valence-electron chi connectivity index (χ4n) is 1.65. The summed E-state index contributed by atoms with van der Waals surface area (Å²) in [5.41, 5.74) is 7.44. The van der Waals surface area contributed by atoms with Gasteiger partial charge in [-0.1, -0.05) is 16.6 Å². The Morgan fingerprint density at radius 2 is 2.28 bits per heavy atom. The maximum absolute atomic E-state index is 12.1. The van der Waals surface area contributed by atoms with Crippen molar-refractivity contribution in [3.8, 4) is 0 Å². The summed E-state index contributed by atoms with van der Waals surface area (Å²) < 4.78 is 3.70. The summed E-state index contributed by atoms with van der Waals surface area (Å²) in [6, 6.07) is 7.48. The number of carbonyl (C=O) groups excluding carboxylic acids is 1. The van der Waals surface area contributed by atoms with Crippen LogP contribution in [0.1, 0.15) is 28.2 Å². The summed E-state index contributed by atoms with van der Waals surface area (Å²) in [6.45, 7) is 1.96. The van der Waals surface area contributed by atoms with E-state index >= 15 is 0 Å². The minimum absolute atomic E-state index is 0.0527. The number of nitrogens with zero attached hydrogens (tertiary/aromatic N) is 3. The van der Waals surface area contributed by atoms with Gasteiger partial charge in [-0.15, -0.1) is 5.10 Å². The lowest BCUT2D eigenvalue weighted by atomic mass is 10.1. The van der Waals surface area contributed by atoms with Crippen LogP contribution in [0, 0.1) is 0 Å². The average molecular weight is 262 g/mol. The molecule has 1 heterocycles. The summed E-state index contributed by atoms with van der Waals surface area (Å²) in [5, 5.41) is 3.67. The predicted octanol–water partition coefficient (Wildman–Crippen LogP) is 1.95. The molecular formula is C12H14N4OS. The topological polar surface area (TPSA) is 72.1 Å². The molecule has 0 aliphatic rings. The fraction of sp³-hybridized carbons (Fsp3) is 0.250. The van der Waals surface area contributed by atoms with Gasteiger partial charge in [-0.3, -0.25) is 4.79 Å². The van der Waals surface area contributed by atoms with Crippen molar-refractivity contribution in [3.05, 3.63) is 40.9 Å². The van der Waals surface area contributed by atoms with Gasteiger partial charge in [0.15, 0.2) is 0 Å². The molecule has 6 heteroatoms. The maximum Gasteiger partial charge on any atom is 0.267 e. The molecule has 0 aliphatic heterocycles. The Morgan fingerprint density at radius 3 is 2.89 bits per heavy atom. The van der Waals surface area contributed by atoms with Crippen LogP contribution < -0.4 is 5.73 Å². The highest BCUT2D eigenvalue weighted by Crippen LogP contribution is 2.22. The second kappa shape index (κ2) is 5.14. The lowest BCUT2D eigenvalue weighted by molar-refractivity contribution is 0.0747. The summed E-state index contributed by atoms with van der Waals surface area (Å²) >= 11 is 1.10. The zero-order chi connectivity index (χ0) is 13.1. The number of nitrogen functional groups attached to an aromatic ring is 1. The van der Waals surface area contributed by atoms with Gasteiger partial charge in [0, 0.05) is 12.7 Å². The molecule has 0 bridgehead atoms. The minimum atomic E-state index is -0.0834. The van der Waals surface area contributed by atoms with Gasteiger partial charge in [0.1, 0.15) is 4.88 Å². The molecule has 0 spiro atoms. The Bertz CT molecular complexity index is 541. The minimum Gasteiger partial charge on any atom is -0.399 e. The molecule has 1 atom stereocenters. The molecule has 2 aromatic rings. The molecule has 0 aliphatic carbocycles. The first kappa shape index (κ1) is 12.5. The molecule has 1 unspecified atom stereocenters. The van der Waals surface area contributed by atoms with E-state index in [0.29, 0.717) is 10.6 Å². The lowest BCUT2D eigenvalue weighted by Gasteiger charge is -2.24. The molecule has 0 saturated carbocycles. The molecule has 1 aromatic heterocycles. The highest BCUT2D eigenvalue weighted by molar-refractivity contribution is 7.07. The SMILES string of the molecule is CC(c1cccc(N)c1)N(C)C(=O)c1cnns1. The number of hydrogen-bond acceptors (Lipinski definition) is 5. The van der Waals surface area contributed by atoms with E-state index in [2.05, 4.69) is 9.59 Å². The van der Waals surface area contributed by atoms with E-state index in [-0.39, 0.29) is 11.9 Å². The van der Waals surface area contributed by atoms with Crippen molar-refractivity contribution >= 4 is 23.1 Å². The van der Waals surface area contributed by atoms with Crippen LogP contribution in [0.3, 0.4) is 0 Å². The highest BCUT2D eigenvalue weighted by atomic mass is 32.1. The van der Waals surface area contributed by atoms with Crippen LogP contribution in [-0.2, 0) is 0 Å². The van der Waals surface area contributed by atoms with Crippen LogP contribution in [0.15, 0.2) is 30.5 Å². The van der Waals surface area contributed by atoms with Crippen molar-refractivity contribution in [2.45, 2.75) is 13.0 Å². The Hall–Kier alpha value is -1.95. The number of carbonyl (C=O) groups is 1. The third-order valence-corrected chi connectivity index (χ3v) is 3.52. The molecular weight excluding hydrogens is 248 g/mol. The van der Waals surface area contributed by atoms with E-state index in [1.54, 1.807) is 11.9 Å². The van der Waals surface area contributed by atoms with Crippen molar-refractivity contribution in [3.63, 3.8) is 0 Å². The van der Waals surface area contributed by atoms with Crippen LogP contribution in [0.5, 0.6) is 0 Å². The van der Waals surface area contributed by atoms with E-state index in [4.69, 9.17) is 5.73 Å². The molecule has 94 valence electrons. The van der Waals surface area contributed by atoms with Gasteiger partial charge in [0.2, 0.25) is 0 Å². The second-order valence-corrected chi connectivity index (χ2v) is 4.83. The standard InChI is InChI=1S/C12H14N4OS/c1-8(9-4-3-5-10(13)6-9)16(2)12(17)11-7-14-15-18-11/h3-8H,13H2,1-2H3. The maximum atomic E-state index is 12.1. The van der Waals surface area contributed by atoms with Crippen molar-refractivity contribution in [1.82, 2.24) is 14.5 Å². The Balaban J connectivity index is 2.18. The smallest absolute Gasteiger partial charge is 0.267 e. The van der Waals surface area contributed by atoms with Crippen molar-refractivity contribution in [2.75, 3.05) is 12.8 Å². The average Bonchev–Trinajstić information content (AvgIpc) is 2.90. The van der Waals surface area contributed by atoms with Gasteiger partial charge in [-0.2, -0.15) is 0 Å². The first-order chi connectivity index (χ1) is 8.59. The quantitative estimate of drug-likeness (QED) is 0.858. The van der Waals surface area contributed by atoms with E-state index in [1.807, 2.05) is 31.2 Å². The summed E-state index contributed by atoms with van der Waals surface area (Å²) in [7, 11) is 1.76. The molecule has 18 heavy (non-hydrogen) atoms. The lowest BCUT2D eigenvalue weighted by Crippen LogP contribution is -2.29. The van der Waals surface area contributed by atoms with E-state index in [1.165, 1.54) is 6.20 Å². The zero-order valence-corrected chi connectivity index (χ0v) is 11.0. The molecule has 1 amide bonds. The fourth-order valence-corrected chi connectivity index (χ4v) is 2.15. The number of rotatable bonds is 3. The Kier molecular flexibility index (Phi) is 3.57. The first-order valence-electron chi connectivity index (χ1n) is 5.49. The zero-order valence-electron chi connectivity index (χ0n) is 10.2. The summed E-state index contributed by atoms with van der Waals surface area (Å²) in [5.74, 6) is -0.0834. The summed E-state index contributed by atoms with van der Waals surface area (Å²) in [6.07, 6.45) is 1.48. The number of amides is 1. The molecule has 0 fully saturated rings. The van der Waals surface area contributed by atoms with Gasteiger partial charge in [-0.25, -0.2) is 0 Å². The van der Waals surface area contributed by atoms with Crippen LogP contribution in [-0.4, -0.2) is 27.4 Å². The molecule has 2 rings (SSSR count). The number of anilines is 1. The van der Waals surface area contributed by atoms with Crippen molar-refractivity contribution in [1.29, 1.82) is 0 Å². The van der Waals surface area contributed by atoms with Gasteiger partial charge in [0.05, 0.1) is 12.2 Å². The van der Waals surface area contributed by atoms with Gasteiger partial charge >= 0.3 is 0 Å². The number of aromatic nitrogens is 2. The summed E-state index contributed by atoms with van der Waals surface area (Å²) in [4.78, 5) is 14.3. The van der Waals surface area contributed by atoms with E-state index in [9.17, 15) is 4.79 Å². The van der Waals surface area contributed by atoms with Crippen LogP contribution >= 0.6 is 11.5 Å². The molecule has 0 saturated heterocycles. The van der Waals surface area contributed by atoms with Gasteiger partial charge in [0.25, 0.3) is 5.91 Å². The van der Waals surface area contributed by atoms with E-state index in [0.717, 1.165) is 17.1 Å². The second-order valence-electron chi connectivity index (χ2n) is 4.04. The largest absolute Gasteiger partial charge is 0.399 e. The monoisotopic (exact) mass is 262 g/mol. The highest BCUT2D eigenvalue weighted by Gasteiger charge is 2.20. The van der Waals surface area contributed by atoms with Crippen LogP contribution in [0.2, 0.25) is 0 Å². The van der Waals surface area contributed by atoms with Crippen LogP contribution in [0.4, 0.5) is 5.69 Å². The van der Waals surface area contributed by atoms with Crippen LogP contribution in [0.25, 0.3) is 0 Å². The molecule has 2 N–H and O–H groups in total. The van der Waals surface area contributed by atoms with E-state index < -0.39 is 0 Å². The number of benzene rings is 1. The molecule has 1 aromatic carbocycles. The number of hydrogen-bond donors (Lipinski definition) is 1. The third-order valence-electron chi connectivity index (χ3n) is 2.87. The third kappa shape index (κ3) is 2.48. The Morgan fingerprint density at radius 1 is 1.50 bits per heavy atom. The molecule has 0 radical (unpaired) electrons. The Labute approximate surface area is 109 Å². The van der Waals surface area contributed by atoms with Gasteiger partial charge < -0.3 is 10.6 Å². The normalized spacial score (nSPS) is 12.1. The molecule has 5 nitrogen and oxygen atoms in total. The predicted molar refractivity (Wildman–Crippen MR) is 71.3 cm³/mol. The number of nitrogens with two attached hydrogens (primary N) is 1. The first-order valence-corrected chi connectivity index (χ1v) is 6.27. The van der Waals surface area contributed by atoms with Crippen molar-refractivity contribution in [2.24, 2.45) is 0 Å². The van der Waals surface area contributed by atoms with Gasteiger partial charge in [-0.05, 0) is 36.2 Å².